The molecule has 2 aromatic rings. The third-order valence-electron chi connectivity index (χ3n) is 3.35. The van der Waals surface area contributed by atoms with Crippen LogP contribution in [-0.4, -0.2) is 23.3 Å². The lowest BCUT2D eigenvalue weighted by atomic mass is 10.1. The van der Waals surface area contributed by atoms with E-state index in [4.69, 9.17) is 16.3 Å². The SMILES string of the molecule is CCC(=NNC(=O)COc1ccc(Cl)c(C)c1)c1ccc(O)cc1. The maximum Gasteiger partial charge on any atom is 0.277 e. The number of hydrogen-bond donors (Lipinski definition) is 2. The van der Waals surface area contributed by atoms with Crippen LogP contribution in [0.15, 0.2) is 47.6 Å². The summed E-state index contributed by atoms with van der Waals surface area (Å²) in [4.78, 5) is 11.9. The van der Waals surface area contributed by atoms with E-state index in [0.29, 0.717) is 22.9 Å². The summed E-state index contributed by atoms with van der Waals surface area (Å²) in [5, 5.41) is 14.1. The minimum atomic E-state index is -0.354. The van der Waals surface area contributed by atoms with Crippen molar-refractivity contribution in [3.8, 4) is 11.5 Å². The van der Waals surface area contributed by atoms with Gasteiger partial charge in [-0.1, -0.05) is 18.5 Å². The molecule has 0 aliphatic rings. The first-order chi connectivity index (χ1) is 11.5. The molecule has 2 aromatic carbocycles. The van der Waals surface area contributed by atoms with Crippen LogP contribution in [0.25, 0.3) is 0 Å². The number of aryl methyl sites for hydroxylation is 1. The summed E-state index contributed by atoms with van der Waals surface area (Å²) in [5.41, 5.74) is 4.91. The second kappa shape index (κ2) is 8.36. The Morgan fingerprint density at radius 3 is 2.58 bits per heavy atom. The number of benzene rings is 2. The van der Waals surface area contributed by atoms with Gasteiger partial charge in [-0.05, 0) is 66.9 Å². The molecule has 24 heavy (non-hydrogen) atoms. The number of ether oxygens (including phenoxy) is 1. The molecule has 0 radical (unpaired) electrons. The van der Waals surface area contributed by atoms with Crippen molar-refractivity contribution in [3.63, 3.8) is 0 Å². The molecule has 2 N–H and O–H groups in total. The number of aromatic hydroxyl groups is 1. The molecule has 1 amide bonds. The Balaban J connectivity index is 1.93. The van der Waals surface area contributed by atoms with Crippen molar-refractivity contribution in [3.05, 3.63) is 58.6 Å². The second-order valence-corrected chi connectivity index (χ2v) is 5.60. The van der Waals surface area contributed by atoms with Gasteiger partial charge in [0, 0.05) is 5.02 Å². The number of carbonyl (C=O) groups is 1. The van der Waals surface area contributed by atoms with E-state index in [2.05, 4.69) is 10.5 Å². The third-order valence-corrected chi connectivity index (χ3v) is 3.77. The van der Waals surface area contributed by atoms with Crippen molar-refractivity contribution >= 4 is 23.2 Å². The third kappa shape index (κ3) is 4.99. The van der Waals surface area contributed by atoms with Gasteiger partial charge >= 0.3 is 0 Å². The van der Waals surface area contributed by atoms with Crippen molar-refractivity contribution < 1.29 is 14.6 Å². The fraction of sp³-hybridized carbons (Fsp3) is 0.222. The van der Waals surface area contributed by atoms with Gasteiger partial charge in [0.25, 0.3) is 5.91 Å². The highest BCUT2D eigenvalue weighted by Crippen LogP contribution is 2.20. The van der Waals surface area contributed by atoms with Gasteiger partial charge in [0.15, 0.2) is 6.61 Å². The van der Waals surface area contributed by atoms with Gasteiger partial charge in [-0.2, -0.15) is 5.10 Å². The quantitative estimate of drug-likeness (QED) is 0.619. The van der Waals surface area contributed by atoms with E-state index >= 15 is 0 Å². The number of phenolic OH excluding ortho intramolecular Hbond substituents is 1. The van der Waals surface area contributed by atoms with E-state index in [0.717, 1.165) is 11.1 Å². The lowest BCUT2D eigenvalue weighted by molar-refractivity contribution is -0.123. The van der Waals surface area contributed by atoms with Crippen LogP contribution < -0.4 is 10.2 Å². The average molecular weight is 347 g/mol. The summed E-state index contributed by atoms with van der Waals surface area (Å²) < 4.78 is 5.42. The molecule has 0 fully saturated rings. The van der Waals surface area contributed by atoms with E-state index in [1.54, 1.807) is 42.5 Å². The predicted octanol–water partition coefficient (Wildman–Crippen LogP) is 3.66. The molecule has 0 aromatic heterocycles. The number of hydrogen-bond acceptors (Lipinski definition) is 4. The van der Waals surface area contributed by atoms with Crippen LogP contribution in [0.2, 0.25) is 5.02 Å². The Morgan fingerprint density at radius 1 is 1.25 bits per heavy atom. The molecule has 126 valence electrons. The molecule has 6 heteroatoms. The van der Waals surface area contributed by atoms with Crippen molar-refractivity contribution in [1.82, 2.24) is 5.43 Å². The summed E-state index contributed by atoms with van der Waals surface area (Å²) in [7, 11) is 0. The highest BCUT2D eigenvalue weighted by Gasteiger charge is 2.06. The summed E-state index contributed by atoms with van der Waals surface area (Å²) in [6, 6.07) is 11.9. The number of carbonyl (C=O) groups excluding carboxylic acids is 1. The predicted molar refractivity (Wildman–Crippen MR) is 94.8 cm³/mol. The largest absolute Gasteiger partial charge is 0.508 e. The lowest BCUT2D eigenvalue weighted by Crippen LogP contribution is -2.26. The van der Waals surface area contributed by atoms with Gasteiger partial charge in [-0.25, -0.2) is 5.43 Å². The molecule has 0 unspecified atom stereocenters. The Morgan fingerprint density at radius 2 is 1.96 bits per heavy atom. The average Bonchev–Trinajstić information content (AvgIpc) is 2.58. The number of amides is 1. The topological polar surface area (TPSA) is 70.9 Å². The Kier molecular flexibility index (Phi) is 6.21. The Bertz CT molecular complexity index is 742. The molecular weight excluding hydrogens is 328 g/mol. The highest BCUT2D eigenvalue weighted by atomic mass is 35.5. The summed E-state index contributed by atoms with van der Waals surface area (Å²) in [6.45, 7) is 3.66. The van der Waals surface area contributed by atoms with Crippen LogP contribution in [0.1, 0.15) is 24.5 Å². The van der Waals surface area contributed by atoms with E-state index in [-0.39, 0.29) is 18.3 Å². The molecule has 5 nitrogen and oxygen atoms in total. The fourth-order valence-electron chi connectivity index (χ4n) is 2.02. The van der Waals surface area contributed by atoms with Gasteiger partial charge in [-0.3, -0.25) is 4.79 Å². The fourth-order valence-corrected chi connectivity index (χ4v) is 2.14. The van der Waals surface area contributed by atoms with Crippen molar-refractivity contribution in [2.24, 2.45) is 5.10 Å². The summed E-state index contributed by atoms with van der Waals surface area (Å²) >= 11 is 5.94. The van der Waals surface area contributed by atoms with Crippen molar-refractivity contribution in [2.45, 2.75) is 20.3 Å². The van der Waals surface area contributed by atoms with Crippen LogP contribution in [0.5, 0.6) is 11.5 Å². The number of nitrogens with zero attached hydrogens (tertiary/aromatic N) is 1. The van der Waals surface area contributed by atoms with Crippen LogP contribution in [-0.2, 0) is 4.79 Å². The maximum atomic E-state index is 11.9. The molecule has 0 saturated carbocycles. The number of rotatable bonds is 6. The smallest absolute Gasteiger partial charge is 0.277 e. The Labute approximate surface area is 145 Å². The van der Waals surface area contributed by atoms with E-state index < -0.39 is 0 Å². The molecule has 0 bridgehead atoms. The monoisotopic (exact) mass is 346 g/mol. The number of hydrazone groups is 1. The molecule has 0 heterocycles. The molecular formula is C18H19ClN2O3. The van der Waals surface area contributed by atoms with Gasteiger partial charge in [-0.15, -0.1) is 0 Å². The van der Waals surface area contributed by atoms with Crippen molar-refractivity contribution in [1.29, 1.82) is 0 Å². The van der Waals surface area contributed by atoms with Gasteiger partial charge < -0.3 is 9.84 Å². The summed E-state index contributed by atoms with van der Waals surface area (Å²) in [6.07, 6.45) is 0.641. The normalized spacial score (nSPS) is 11.2. The highest BCUT2D eigenvalue weighted by molar-refractivity contribution is 6.31. The minimum absolute atomic E-state index is 0.142. The van der Waals surface area contributed by atoms with E-state index in [1.807, 2.05) is 13.8 Å². The maximum absolute atomic E-state index is 11.9. The first-order valence-electron chi connectivity index (χ1n) is 7.53. The van der Waals surface area contributed by atoms with Crippen LogP contribution >= 0.6 is 11.6 Å². The van der Waals surface area contributed by atoms with Crippen LogP contribution in [0.3, 0.4) is 0 Å². The molecule has 0 spiro atoms. The molecule has 2 rings (SSSR count). The molecule has 0 saturated heterocycles. The van der Waals surface area contributed by atoms with Crippen LogP contribution in [0, 0.1) is 6.92 Å². The van der Waals surface area contributed by atoms with E-state index in [1.165, 1.54) is 0 Å². The van der Waals surface area contributed by atoms with Gasteiger partial charge in [0.05, 0.1) is 5.71 Å². The lowest BCUT2D eigenvalue weighted by Gasteiger charge is -2.08. The zero-order chi connectivity index (χ0) is 17.5. The minimum Gasteiger partial charge on any atom is -0.508 e. The second-order valence-electron chi connectivity index (χ2n) is 5.19. The van der Waals surface area contributed by atoms with Gasteiger partial charge in [0.1, 0.15) is 11.5 Å². The zero-order valence-corrected chi connectivity index (χ0v) is 14.3. The van der Waals surface area contributed by atoms with Gasteiger partial charge in [0.2, 0.25) is 0 Å². The first-order valence-corrected chi connectivity index (χ1v) is 7.91. The number of halogens is 1. The molecule has 0 aliphatic heterocycles. The van der Waals surface area contributed by atoms with Crippen molar-refractivity contribution in [2.75, 3.05) is 6.61 Å². The standard InChI is InChI=1S/C18H19ClN2O3/c1-3-17(13-4-6-14(22)7-5-13)20-21-18(23)11-24-15-8-9-16(19)12(2)10-15/h4-10,22H,3,11H2,1-2H3,(H,21,23). The first kappa shape index (κ1) is 17.8. The van der Waals surface area contributed by atoms with E-state index in [9.17, 15) is 9.90 Å². The molecule has 0 atom stereocenters. The zero-order valence-electron chi connectivity index (χ0n) is 13.5. The Hall–Kier alpha value is -2.53. The molecule has 0 aliphatic carbocycles. The number of phenols is 1. The number of nitrogens with one attached hydrogen (secondary N) is 1. The van der Waals surface area contributed by atoms with Crippen LogP contribution in [0.4, 0.5) is 0 Å². The summed E-state index contributed by atoms with van der Waals surface area (Å²) in [5.74, 6) is 0.405.